The quantitative estimate of drug-likeness (QED) is 0.699. The molecule has 0 bridgehead atoms. The van der Waals surface area contributed by atoms with E-state index in [0.29, 0.717) is 0 Å². The lowest BCUT2D eigenvalue weighted by Crippen LogP contribution is -1.89. The van der Waals surface area contributed by atoms with Crippen molar-refractivity contribution in [3.63, 3.8) is 0 Å². The van der Waals surface area contributed by atoms with Crippen LogP contribution in [0, 0.1) is 0 Å². The Morgan fingerprint density at radius 3 is 3.07 bits per heavy atom. The van der Waals surface area contributed by atoms with Gasteiger partial charge in [-0.1, -0.05) is 12.1 Å². The highest BCUT2D eigenvalue weighted by Gasteiger charge is 2.26. The van der Waals surface area contributed by atoms with Crippen molar-refractivity contribution in [2.75, 3.05) is 13.7 Å². The van der Waals surface area contributed by atoms with Crippen LogP contribution in [-0.4, -0.2) is 18.7 Å². The van der Waals surface area contributed by atoms with Crippen LogP contribution in [0.4, 0.5) is 0 Å². The number of hydrogen-bond donors (Lipinski definition) is 0. The molecular formula is C12H11NO2. The molecule has 1 atom stereocenters. The summed E-state index contributed by atoms with van der Waals surface area (Å²) in [4.78, 5) is 4.34. The highest BCUT2D eigenvalue weighted by molar-refractivity contribution is 5.83. The third kappa shape index (κ3) is 1.45. The molecule has 3 heteroatoms. The second-order valence-corrected chi connectivity index (χ2v) is 3.61. The molecule has 15 heavy (non-hydrogen) atoms. The molecule has 2 heterocycles. The molecular weight excluding hydrogens is 190 g/mol. The summed E-state index contributed by atoms with van der Waals surface area (Å²) in [6.07, 6.45) is 1.99. The van der Waals surface area contributed by atoms with Gasteiger partial charge in [-0.2, -0.15) is 0 Å². The predicted octanol–water partition coefficient (Wildman–Crippen LogP) is 2.31. The van der Waals surface area contributed by atoms with Gasteiger partial charge in [-0.3, -0.25) is 4.98 Å². The van der Waals surface area contributed by atoms with Gasteiger partial charge in [0.1, 0.15) is 11.9 Å². The monoisotopic (exact) mass is 201 g/mol. The molecule has 0 amide bonds. The van der Waals surface area contributed by atoms with Crippen molar-refractivity contribution >= 4 is 10.9 Å². The summed E-state index contributed by atoms with van der Waals surface area (Å²) in [5, 5.41) is 1.12. The SMILES string of the molecule is COc1cnc2cccc([C@@H]3CO3)c2c1. The molecule has 2 aromatic rings. The smallest absolute Gasteiger partial charge is 0.137 e. The van der Waals surface area contributed by atoms with Gasteiger partial charge in [0.05, 0.1) is 25.4 Å². The first-order chi connectivity index (χ1) is 7.38. The van der Waals surface area contributed by atoms with E-state index in [1.54, 1.807) is 13.3 Å². The van der Waals surface area contributed by atoms with Crippen LogP contribution in [0.3, 0.4) is 0 Å². The van der Waals surface area contributed by atoms with Crippen molar-refractivity contribution in [1.82, 2.24) is 4.98 Å². The van der Waals surface area contributed by atoms with Gasteiger partial charge >= 0.3 is 0 Å². The van der Waals surface area contributed by atoms with Crippen LogP contribution in [0.15, 0.2) is 30.5 Å². The van der Waals surface area contributed by atoms with Crippen LogP contribution < -0.4 is 4.74 Å². The molecule has 3 nitrogen and oxygen atoms in total. The van der Waals surface area contributed by atoms with Gasteiger partial charge in [0.15, 0.2) is 0 Å². The zero-order valence-corrected chi connectivity index (χ0v) is 8.43. The molecule has 1 aromatic heterocycles. The van der Waals surface area contributed by atoms with Crippen LogP contribution in [-0.2, 0) is 4.74 Å². The van der Waals surface area contributed by atoms with E-state index in [1.807, 2.05) is 18.2 Å². The Morgan fingerprint density at radius 1 is 1.47 bits per heavy atom. The third-order valence-corrected chi connectivity index (χ3v) is 2.65. The van der Waals surface area contributed by atoms with Gasteiger partial charge in [-0.15, -0.1) is 0 Å². The summed E-state index contributed by atoms with van der Waals surface area (Å²) < 4.78 is 10.5. The molecule has 1 aliphatic rings. The Bertz CT molecular complexity index is 506. The average Bonchev–Trinajstić information content (AvgIpc) is 3.11. The van der Waals surface area contributed by atoms with E-state index >= 15 is 0 Å². The summed E-state index contributed by atoms with van der Waals surface area (Å²) in [7, 11) is 1.65. The predicted molar refractivity (Wildman–Crippen MR) is 57.0 cm³/mol. The molecule has 0 radical (unpaired) electrons. The standard InChI is InChI=1S/C12H11NO2/c1-14-8-5-10-9(12-7-15-12)3-2-4-11(10)13-6-8/h2-6,12H,7H2,1H3/t12-/m0/s1. The summed E-state index contributed by atoms with van der Waals surface area (Å²) >= 11 is 0. The molecule has 1 aromatic carbocycles. The van der Waals surface area contributed by atoms with Gasteiger partial charge in [-0.05, 0) is 17.7 Å². The Balaban J connectivity index is 2.25. The molecule has 1 fully saturated rings. The van der Waals surface area contributed by atoms with Crippen LogP contribution in [0.25, 0.3) is 10.9 Å². The molecule has 0 unspecified atom stereocenters. The first kappa shape index (κ1) is 8.68. The van der Waals surface area contributed by atoms with E-state index in [0.717, 1.165) is 23.3 Å². The maximum absolute atomic E-state index is 5.31. The Kier molecular flexibility index (Phi) is 1.86. The average molecular weight is 201 g/mol. The van der Waals surface area contributed by atoms with Gasteiger partial charge in [-0.25, -0.2) is 0 Å². The molecule has 1 saturated heterocycles. The maximum atomic E-state index is 5.31. The maximum Gasteiger partial charge on any atom is 0.137 e. The Hall–Kier alpha value is -1.61. The minimum Gasteiger partial charge on any atom is -0.495 e. The first-order valence-corrected chi connectivity index (χ1v) is 4.93. The largest absolute Gasteiger partial charge is 0.495 e. The van der Waals surface area contributed by atoms with E-state index in [-0.39, 0.29) is 6.10 Å². The lowest BCUT2D eigenvalue weighted by molar-refractivity contribution is 0.412. The lowest BCUT2D eigenvalue weighted by atomic mass is 10.1. The number of fused-ring (bicyclic) bond motifs is 1. The Morgan fingerprint density at radius 2 is 2.33 bits per heavy atom. The lowest BCUT2D eigenvalue weighted by Gasteiger charge is -2.05. The van der Waals surface area contributed by atoms with Gasteiger partial charge in [0.25, 0.3) is 0 Å². The van der Waals surface area contributed by atoms with E-state index in [4.69, 9.17) is 9.47 Å². The van der Waals surface area contributed by atoms with Crippen LogP contribution in [0.1, 0.15) is 11.7 Å². The van der Waals surface area contributed by atoms with E-state index in [2.05, 4.69) is 11.1 Å². The fourth-order valence-corrected chi connectivity index (χ4v) is 1.77. The summed E-state index contributed by atoms with van der Waals surface area (Å²) in [6, 6.07) is 8.11. The molecule has 0 spiro atoms. The van der Waals surface area contributed by atoms with Crippen molar-refractivity contribution in [2.45, 2.75) is 6.10 Å². The number of methoxy groups -OCH3 is 1. The molecule has 76 valence electrons. The third-order valence-electron chi connectivity index (χ3n) is 2.65. The Labute approximate surface area is 87.6 Å². The van der Waals surface area contributed by atoms with Crippen LogP contribution in [0.2, 0.25) is 0 Å². The number of benzene rings is 1. The summed E-state index contributed by atoms with van der Waals surface area (Å²) in [5.41, 5.74) is 2.20. The molecule has 0 N–H and O–H groups in total. The molecule has 3 rings (SSSR count). The van der Waals surface area contributed by atoms with Crippen LogP contribution >= 0.6 is 0 Å². The van der Waals surface area contributed by atoms with Crippen molar-refractivity contribution < 1.29 is 9.47 Å². The second kappa shape index (κ2) is 3.21. The number of rotatable bonds is 2. The molecule has 0 aliphatic carbocycles. The van der Waals surface area contributed by atoms with Gasteiger partial charge in [0.2, 0.25) is 0 Å². The minimum atomic E-state index is 0.252. The van der Waals surface area contributed by atoms with Crippen molar-refractivity contribution in [3.05, 3.63) is 36.0 Å². The minimum absolute atomic E-state index is 0.252. The molecule has 0 saturated carbocycles. The second-order valence-electron chi connectivity index (χ2n) is 3.61. The van der Waals surface area contributed by atoms with Gasteiger partial charge in [0, 0.05) is 5.39 Å². The number of nitrogens with zero attached hydrogens (tertiary/aromatic N) is 1. The first-order valence-electron chi connectivity index (χ1n) is 4.93. The topological polar surface area (TPSA) is 34.6 Å². The molecule has 1 aliphatic heterocycles. The number of ether oxygens (including phenoxy) is 2. The normalized spacial score (nSPS) is 19.1. The fraction of sp³-hybridized carbons (Fsp3) is 0.250. The van der Waals surface area contributed by atoms with E-state index < -0.39 is 0 Å². The van der Waals surface area contributed by atoms with Gasteiger partial charge < -0.3 is 9.47 Å². The summed E-state index contributed by atoms with van der Waals surface area (Å²) in [5.74, 6) is 0.788. The van der Waals surface area contributed by atoms with Crippen molar-refractivity contribution in [2.24, 2.45) is 0 Å². The summed E-state index contributed by atoms with van der Waals surface area (Å²) in [6.45, 7) is 0.816. The van der Waals surface area contributed by atoms with Crippen molar-refractivity contribution in [1.29, 1.82) is 0 Å². The van der Waals surface area contributed by atoms with Crippen molar-refractivity contribution in [3.8, 4) is 5.75 Å². The van der Waals surface area contributed by atoms with E-state index in [9.17, 15) is 0 Å². The zero-order valence-electron chi connectivity index (χ0n) is 8.43. The fourth-order valence-electron chi connectivity index (χ4n) is 1.77. The highest BCUT2D eigenvalue weighted by atomic mass is 16.6. The van der Waals surface area contributed by atoms with Crippen LogP contribution in [0.5, 0.6) is 5.75 Å². The number of aromatic nitrogens is 1. The highest BCUT2D eigenvalue weighted by Crippen LogP contribution is 2.35. The number of epoxide rings is 1. The van der Waals surface area contributed by atoms with E-state index in [1.165, 1.54) is 5.56 Å². The number of pyridine rings is 1. The number of hydrogen-bond acceptors (Lipinski definition) is 3. The zero-order chi connectivity index (χ0) is 10.3.